The van der Waals surface area contributed by atoms with Gasteiger partial charge in [-0.05, 0) is 55.5 Å². The molecule has 0 radical (unpaired) electrons. The molecule has 1 aliphatic rings. The number of nitrogens with one attached hydrogen (secondary N) is 1. The number of hydrogen-bond acceptors (Lipinski definition) is 5. The monoisotopic (exact) mass is 456 g/mol. The van der Waals surface area contributed by atoms with Gasteiger partial charge in [0.2, 0.25) is 5.91 Å². The van der Waals surface area contributed by atoms with Crippen molar-refractivity contribution >= 4 is 27.9 Å². The molecule has 2 heterocycles. The van der Waals surface area contributed by atoms with Gasteiger partial charge in [0.15, 0.2) is 0 Å². The average molecular weight is 457 g/mol. The van der Waals surface area contributed by atoms with E-state index in [0.29, 0.717) is 17.6 Å². The lowest BCUT2D eigenvalue weighted by atomic mass is 10.1. The summed E-state index contributed by atoms with van der Waals surface area (Å²) in [6, 6.07) is 1.25. The van der Waals surface area contributed by atoms with E-state index in [9.17, 15) is 14.4 Å². The molecule has 1 aromatic heterocycles. The fourth-order valence-electron chi connectivity index (χ4n) is 2.99. The number of carbonyl (C=O) groups excluding carboxylic acids is 2. The Morgan fingerprint density at radius 1 is 1.39 bits per heavy atom. The molecule has 8 nitrogen and oxygen atoms in total. The van der Waals surface area contributed by atoms with Crippen molar-refractivity contribution in [3.63, 3.8) is 0 Å². The summed E-state index contributed by atoms with van der Waals surface area (Å²) in [5.41, 5.74) is -0.179. The summed E-state index contributed by atoms with van der Waals surface area (Å²) < 4.78 is 7.22. The van der Waals surface area contributed by atoms with Gasteiger partial charge in [-0.1, -0.05) is 13.8 Å². The topological polar surface area (TPSA) is 93.5 Å². The van der Waals surface area contributed by atoms with Crippen molar-refractivity contribution in [3.8, 4) is 0 Å². The van der Waals surface area contributed by atoms with Gasteiger partial charge in [-0.2, -0.15) is 5.10 Å². The Bertz CT molecular complexity index is 785. The van der Waals surface area contributed by atoms with E-state index in [1.807, 2.05) is 34.6 Å². The highest BCUT2D eigenvalue weighted by atomic mass is 79.9. The molecule has 0 aliphatic carbocycles. The van der Waals surface area contributed by atoms with E-state index in [-0.39, 0.29) is 36.1 Å². The summed E-state index contributed by atoms with van der Waals surface area (Å²) in [5.74, 6) is -0.187. The summed E-state index contributed by atoms with van der Waals surface area (Å²) in [5, 5.41) is 7.21. The zero-order valence-electron chi connectivity index (χ0n) is 17.1. The summed E-state index contributed by atoms with van der Waals surface area (Å²) in [7, 11) is 0. The van der Waals surface area contributed by atoms with E-state index in [1.165, 1.54) is 10.7 Å². The van der Waals surface area contributed by atoms with Gasteiger partial charge in [-0.25, -0.2) is 9.48 Å². The number of ether oxygens (including phenoxy) is 1. The highest BCUT2D eigenvalue weighted by molar-refractivity contribution is 9.10. The second-order valence-electron chi connectivity index (χ2n) is 8.36. The number of carbonyl (C=O) groups is 2. The SMILES string of the molecule is CC(C)c1nn(CC(=O)N[C@@H]2CCCN(C(=O)OC(C)(C)C)C2)c(=O)cc1Br. The third kappa shape index (κ3) is 6.32. The Kier molecular flexibility index (Phi) is 7.25. The predicted octanol–water partition coefficient (Wildman–Crippen LogP) is 2.64. The molecule has 0 bridgehead atoms. The maximum atomic E-state index is 12.4. The van der Waals surface area contributed by atoms with E-state index >= 15 is 0 Å². The molecular weight excluding hydrogens is 428 g/mol. The number of halogens is 1. The minimum Gasteiger partial charge on any atom is -0.444 e. The van der Waals surface area contributed by atoms with E-state index in [1.54, 1.807) is 4.90 Å². The summed E-state index contributed by atoms with van der Waals surface area (Å²) in [4.78, 5) is 38.4. The Morgan fingerprint density at radius 3 is 2.68 bits per heavy atom. The molecule has 0 spiro atoms. The third-order valence-corrected chi connectivity index (χ3v) is 4.89. The fourth-order valence-corrected chi connectivity index (χ4v) is 3.72. The molecule has 1 N–H and O–H groups in total. The first kappa shape index (κ1) is 22.4. The van der Waals surface area contributed by atoms with Crippen molar-refractivity contribution in [2.75, 3.05) is 13.1 Å². The molecule has 1 aliphatic heterocycles. The van der Waals surface area contributed by atoms with Gasteiger partial charge in [-0.3, -0.25) is 9.59 Å². The predicted molar refractivity (Wildman–Crippen MR) is 109 cm³/mol. The highest BCUT2D eigenvalue weighted by Gasteiger charge is 2.28. The van der Waals surface area contributed by atoms with Crippen LogP contribution in [0.3, 0.4) is 0 Å². The minimum absolute atomic E-state index is 0.116. The van der Waals surface area contributed by atoms with Crippen LogP contribution < -0.4 is 10.9 Å². The minimum atomic E-state index is -0.560. The Labute approximate surface area is 173 Å². The normalized spacial score (nSPS) is 17.5. The first-order valence-corrected chi connectivity index (χ1v) is 10.3. The van der Waals surface area contributed by atoms with Crippen LogP contribution in [0.25, 0.3) is 0 Å². The van der Waals surface area contributed by atoms with Crippen LogP contribution in [0.2, 0.25) is 0 Å². The standard InChI is InChI=1S/C19H29BrN4O4/c1-12(2)17-14(20)9-16(26)24(22-17)11-15(25)21-13-7-6-8-23(10-13)18(27)28-19(3,4)5/h9,12-13H,6-8,10-11H2,1-5H3,(H,21,25)/t13-/m1/s1. The molecule has 28 heavy (non-hydrogen) atoms. The van der Waals surface area contributed by atoms with Crippen LogP contribution in [-0.2, 0) is 16.1 Å². The van der Waals surface area contributed by atoms with Crippen molar-refractivity contribution in [1.29, 1.82) is 0 Å². The maximum Gasteiger partial charge on any atom is 0.410 e. The molecular formula is C19H29BrN4O4. The van der Waals surface area contributed by atoms with Crippen molar-refractivity contribution in [3.05, 3.63) is 26.6 Å². The van der Waals surface area contributed by atoms with E-state index < -0.39 is 5.60 Å². The van der Waals surface area contributed by atoms with Gasteiger partial charge >= 0.3 is 6.09 Å². The van der Waals surface area contributed by atoms with Crippen molar-refractivity contribution in [2.24, 2.45) is 0 Å². The molecule has 1 fully saturated rings. The van der Waals surface area contributed by atoms with E-state index in [2.05, 4.69) is 26.3 Å². The molecule has 2 amide bonds. The van der Waals surface area contributed by atoms with Crippen LogP contribution in [0.15, 0.2) is 15.3 Å². The van der Waals surface area contributed by atoms with Crippen LogP contribution in [0.1, 0.15) is 59.1 Å². The van der Waals surface area contributed by atoms with Crippen LogP contribution in [-0.4, -0.2) is 51.4 Å². The van der Waals surface area contributed by atoms with Crippen LogP contribution in [0, 0.1) is 0 Å². The van der Waals surface area contributed by atoms with Gasteiger partial charge in [0.1, 0.15) is 12.1 Å². The summed E-state index contributed by atoms with van der Waals surface area (Å²) in [6.45, 7) is 10.2. The molecule has 1 aromatic rings. The zero-order valence-corrected chi connectivity index (χ0v) is 18.7. The Morgan fingerprint density at radius 2 is 2.07 bits per heavy atom. The number of aromatic nitrogens is 2. The lowest BCUT2D eigenvalue weighted by Crippen LogP contribution is -2.51. The van der Waals surface area contributed by atoms with Gasteiger partial charge in [-0.15, -0.1) is 0 Å². The highest BCUT2D eigenvalue weighted by Crippen LogP contribution is 2.20. The molecule has 0 unspecified atom stereocenters. The summed E-state index contributed by atoms with van der Waals surface area (Å²) >= 11 is 3.34. The summed E-state index contributed by atoms with van der Waals surface area (Å²) in [6.07, 6.45) is 1.17. The van der Waals surface area contributed by atoms with Crippen LogP contribution in [0.4, 0.5) is 4.79 Å². The first-order chi connectivity index (χ1) is 13.0. The van der Waals surface area contributed by atoms with E-state index in [0.717, 1.165) is 18.5 Å². The molecule has 9 heteroatoms. The zero-order chi connectivity index (χ0) is 21.1. The van der Waals surface area contributed by atoms with Crippen LogP contribution in [0.5, 0.6) is 0 Å². The van der Waals surface area contributed by atoms with Gasteiger partial charge in [0.05, 0.1) is 5.69 Å². The lowest BCUT2D eigenvalue weighted by Gasteiger charge is -2.34. The number of rotatable bonds is 4. The maximum absolute atomic E-state index is 12.4. The number of likely N-dealkylation sites (tertiary alicyclic amines) is 1. The van der Waals surface area contributed by atoms with Gasteiger partial charge in [0, 0.05) is 29.7 Å². The van der Waals surface area contributed by atoms with Gasteiger partial charge < -0.3 is 15.0 Å². The fraction of sp³-hybridized carbons (Fsp3) is 0.684. The average Bonchev–Trinajstić information content (AvgIpc) is 2.55. The van der Waals surface area contributed by atoms with Crippen molar-refractivity contribution < 1.29 is 14.3 Å². The Hall–Kier alpha value is -1.90. The lowest BCUT2D eigenvalue weighted by molar-refractivity contribution is -0.123. The van der Waals surface area contributed by atoms with Crippen molar-refractivity contribution in [2.45, 2.75) is 71.6 Å². The first-order valence-electron chi connectivity index (χ1n) is 9.51. The quantitative estimate of drug-likeness (QED) is 0.751. The molecule has 0 saturated carbocycles. The van der Waals surface area contributed by atoms with Gasteiger partial charge in [0.25, 0.3) is 5.56 Å². The van der Waals surface area contributed by atoms with E-state index in [4.69, 9.17) is 4.74 Å². The number of amides is 2. The molecule has 1 atom stereocenters. The number of nitrogens with zero attached hydrogens (tertiary/aromatic N) is 3. The van der Waals surface area contributed by atoms with Crippen molar-refractivity contribution in [1.82, 2.24) is 20.0 Å². The molecule has 0 aromatic carbocycles. The third-order valence-electron chi connectivity index (χ3n) is 4.26. The molecule has 156 valence electrons. The largest absolute Gasteiger partial charge is 0.444 e. The smallest absolute Gasteiger partial charge is 0.410 e. The molecule has 2 rings (SSSR count). The Balaban J connectivity index is 1.99. The number of hydrogen-bond donors (Lipinski definition) is 1. The second-order valence-corrected chi connectivity index (χ2v) is 9.22. The second kappa shape index (κ2) is 9.07. The van der Waals surface area contributed by atoms with Crippen LogP contribution >= 0.6 is 15.9 Å². The number of piperidine rings is 1. The molecule has 1 saturated heterocycles.